The van der Waals surface area contributed by atoms with E-state index >= 15 is 0 Å². The lowest BCUT2D eigenvalue weighted by molar-refractivity contribution is -0.119. The van der Waals surface area contributed by atoms with Crippen LogP contribution in [0.15, 0.2) is 58.4 Å². The van der Waals surface area contributed by atoms with Gasteiger partial charge in [-0.2, -0.15) is 15.2 Å². The lowest BCUT2D eigenvalue weighted by atomic mass is 9.90. The lowest BCUT2D eigenvalue weighted by Gasteiger charge is -2.35. The van der Waals surface area contributed by atoms with Crippen LogP contribution in [0.25, 0.3) is 16.9 Å². The van der Waals surface area contributed by atoms with Gasteiger partial charge in [0.25, 0.3) is 5.56 Å². The molecule has 4 aromatic rings. The Kier molecular flexibility index (Phi) is 9.43. The highest BCUT2D eigenvalue weighted by Crippen LogP contribution is 2.33. The molecule has 1 aliphatic heterocycles. The molecule has 1 unspecified atom stereocenters. The fourth-order valence-corrected chi connectivity index (χ4v) is 6.76. The summed E-state index contributed by atoms with van der Waals surface area (Å²) in [5.41, 5.74) is 7.88. The quantitative estimate of drug-likeness (QED) is 0.218. The maximum Gasteiger partial charge on any atom is 0.259 e. The molecule has 1 fully saturated rings. The third-order valence-corrected chi connectivity index (χ3v) is 9.66. The number of aliphatic hydroxyl groups is 1. The van der Waals surface area contributed by atoms with Crippen molar-refractivity contribution in [3.63, 3.8) is 0 Å². The predicted octanol–water partition coefficient (Wildman–Crippen LogP) is 5.68. The van der Waals surface area contributed by atoms with Crippen LogP contribution in [-0.4, -0.2) is 53.7 Å². The molecule has 2 N–H and O–H groups in total. The van der Waals surface area contributed by atoms with Gasteiger partial charge in [0.2, 0.25) is 11.7 Å². The summed E-state index contributed by atoms with van der Waals surface area (Å²) in [5.74, 6) is 1.10. The Bertz CT molecular complexity index is 1840. The average Bonchev–Trinajstić information content (AvgIpc) is 3.66. The smallest absolute Gasteiger partial charge is 0.259 e. The third kappa shape index (κ3) is 6.94. The van der Waals surface area contributed by atoms with Gasteiger partial charge in [-0.25, -0.2) is 9.94 Å². The number of carbonyl (C=O) groups excluding carboxylic acids is 1. The summed E-state index contributed by atoms with van der Waals surface area (Å²) in [6.07, 6.45) is 6.14. The van der Waals surface area contributed by atoms with Gasteiger partial charge >= 0.3 is 0 Å². The van der Waals surface area contributed by atoms with E-state index in [-0.39, 0.29) is 36.1 Å². The van der Waals surface area contributed by atoms with E-state index in [9.17, 15) is 14.7 Å². The number of aryl methyl sites for hydroxylation is 2. The number of nitrogens with one attached hydrogen (secondary N) is 1. The molecule has 0 bridgehead atoms. The number of ether oxygens (including phenoxy) is 1. The van der Waals surface area contributed by atoms with E-state index in [0.717, 1.165) is 78.5 Å². The van der Waals surface area contributed by atoms with Crippen molar-refractivity contribution in [3.05, 3.63) is 87.1 Å². The molecule has 0 radical (unpaired) electrons. The number of unbranched alkanes of at least 4 members (excludes halogenated alkanes) is 1. The van der Waals surface area contributed by atoms with E-state index in [1.807, 2.05) is 41.1 Å². The van der Waals surface area contributed by atoms with Crippen molar-refractivity contribution in [2.24, 2.45) is 5.10 Å². The molecule has 10 heteroatoms. The standard InChI is InChI=1S/C37H46N6O4/c1-6-7-13-33-31(21-25-14-19-29(26-11-9-8-10-12-26)30(20-25)32-22-34(44)40-39-32)35(45)42(36-38-24(3)41-43(33)36)27-15-17-28(18-16-27)47-23(2)37(4,5)46/h8-12,14,19-20,23,27-28,46H,6-7,13,15-18,21-22H2,1-5H3,(H,40,44). The first-order valence-electron chi connectivity index (χ1n) is 16.9. The Morgan fingerprint density at radius 2 is 1.81 bits per heavy atom. The fourth-order valence-electron chi connectivity index (χ4n) is 6.76. The van der Waals surface area contributed by atoms with Crippen molar-refractivity contribution in [1.82, 2.24) is 24.6 Å². The Balaban J connectivity index is 1.40. The Morgan fingerprint density at radius 3 is 2.47 bits per heavy atom. The van der Waals surface area contributed by atoms with E-state index in [4.69, 9.17) is 14.8 Å². The van der Waals surface area contributed by atoms with Gasteiger partial charge in [0.05, 0.1) is 35.6 Å². The van der Waals surface area contributed by atoms with Gasteiger partial charge in [0, 0.05) is 23.6 Å². The number of aromatic nitrogens is 4. The molecular weight excluding hydrogens is 592 g/mol. The maximum atomic E-state index is 14.7. The zero-order valence-corrected chi connectivity index (χ0v) is 28.1. The van der Waals surface area contributed by atoms with Gasteiger partial charge in [-0.05, 0) is 89.0 Å². The van der Waals surface area contributed by atoms with E-state index in [0.29, 0.717) is 23.7 Å². The molecule has 1 atom stereocenters. The minimum atomic E-state index is -0.919. The topological polar surface area (TPSA) is 123 Å². The molecule has 248 valence electrons. The number of rotatable bonds is 11. The zero-order chi connectivity index (χ0) is 33.3. The monoisotopic (exact) mass is 638 g/mol. The van der Waals surface area contributed by atoms with Gasteiger partial charge < -0.3 is 9.84 Å². The van der Waals surface area contributed by atoms with Crippen LogP contribution in [0.5, 0.6) is 0 Å². The summed E-state index contributed by atoms with van der Waals surface area (Å²) in [6, 6.07) is 16.3. The van der Waals surface area contributed by atoms with Gasteiger partial charge in [-0.1, -0.05) is 55.8 Å². The van der Waals surface area contributed by atoms with Crippen LogP contribution in [0.1, 0.15) is 107 Å². The normalized spacial score (nSPS) is 19.2. The first kappa shape index (κ1) is 32.8. The van der Waals surface area contributed by atoms with E-state index < -0.39 is 5.60 Å². The van der Waals surface area contributed by atoms with Crippen molar-refractivity contribution < 1.29 is 14.6 Å². The molecule has 2 aromatic heterocycles. The second-order valence-electron chi connectivity index (χ2n) is 13.6. The third-order valence-electron chi connectivity index (χ3n) is 9.66. The highest BCUT2D eigenvalue weighted by Gasteiger charge is 2.32. The highest BCUT2D eigenvalue weighted by atomic mass is 16.5. The summed E-state index contributed by atoms with van der Waals surface area (Å²) in [4.78, 5) is 31.6. The maximum absolute atomic E-state index is 14.7. The van der Waals surface area contributed by atoms with Gasteiger partial charge in [0.1, 0.15) is 5.82 Å². The molecule has 10 nitrogen and oxygen atoms in total. The molecule has 0 spiro atoms. The number of nitrogens with zero attached hydrogens (tertiary/aromatic N) is 5. The van der Waals surface area contributed by atoms with Crippen molar-refractivity contribution in [3.8, 4) is 11.1 Å². The molecule has 6 rings (SSSR count). The number of fused-ring (bicyclic) bond motifs is 1. The number of amides is 1. The van der Waals surface area contributed by atoms with E-state index in [2.05, 4.69) is 47.8 Å². The van der Waals surface area contributed by atoms with E-state index in [1.54, 1.807) is 13.8 Å². The first-order chi connectivity index (χ1) is 22.5. The van der Waals surface area contributed by atoms with Crippen LogP contribution in [0.4, 0.5) is 0 Å². The van der Waals surface area contributed by atoms with Crippen molar-refractivity contribution >= 4 is 17.4 Å². The summed E-state index contributed by atoms with van der Waals surface area (Å²) in [5, 5.41) is 19.6. The van der Waals surface area contributed by atoms with E-state index in [1.165, 1.54) is 0 Å². The molecule has 3 heterocycles. The number of hydrogen-bond donors (Lipinski definition) is 2. The van der Waals surface area contributed by atoms with Crippen molar-refractivity contribution in [2.75, 3.05) is 0 Å². The number of carbonyl (C=O) groups is 1. The molecule has 0 saturated heterocycles. The molecule has 1 amide bonds. The van der Waals surface area contributed by atoms with Crippen molar-refractivity contribution in [2.45, 2.75) is 116 Å². The molecule has 2 aliphatic rings. The Hall–Kier alpha value is -4.15. The number of benzene rings is 2. The fraction of sp³-hybridized carbons (Fsp3) is 0.486. The summed E-state index contributed by atoms with van der Waals surface area (Å²) >= 11 is 0. The second kappa shape index (κ2) is 13.5. The summed E-state index contributed by atoms with van der Waals surface area (Å²) in [7, 11) is 0. The summed E-state index contributed by atoms with van der Waals surface area (Å²) in [6.45, 7) is 9.47. The van der Waals surface area contributed by atoms with Crippen LogP contribution in [0, 0.1) is 6.92 Å². The van der Waals surface area contributed by atoms with Gasteiger partial charge in [-0.3, -0.25) is 14.2 Å². The highest BCUT2D eigenvalue weighted by molar-refractivity contribution is 6.16. The minimum absolute atomic E-state index is 0.0195. The molecule has 1 saturated carbocycles. The Morgan fingerprint density at radius 1 is 1.06 bits per heavy atom. The molecule has 1 aliphatic carbocycles. The predicted molar refractivity (Wildman–Crippen MR) is 183 cm³/mol. The van der Waals surface area contributed by atoms with Crippen LogP contribution in [0.3, 0.4) is 0 Å². The van der Waals surface area contributed by atoms with Gasteiger partial charge in [-0.15, -0.1) is 0 Å². The van der Waals surface area contributed by atoms with Gasteiger partial charge in [0.15, 0.2) is 0 Å². The number of hydrazone groups is 1. The SMILES string of the molecule is CCCCc1c(Cc2ccc(-c3ccccc3)c(C3=NNC(=O)C3)c2)c(=O)n(C2CCC(OC(C)C(C)(C)O)CC2)c2nc(C)nn12. The first-order valence-corrected chi connectivity index (χ1v) is 16.9. The molecular formula is C37H46N6O4. The Labute approximate surface area is 275 Å². The van der Waals surface area contributed by atoms with Crippen LogP contribution < -0.4 is 11.0 Å². The van der Waals surface area contributed by atoms with Crippen molar-refractivity contribution in [1.29, 1.82) is 0 Å². The lowest BCUT2D eigenvalue weighted by Crippen LogP contribution is -2.40. The molecule has 2 aromatic carbocycles. The largest absolute Gasteiger partial charge is 0.388 e. The number of hydrogen-bond acceptors (Lipinski definition) is 7. The average molecular weight is 639 g/mol. The summed E-state index contributed by atoms with van der Waals surface area (Å²) < 4.78 is 10.0. The zero-order valence-electron chi connectivity index (χ0n) is 28.1. The van der Waals surface area contributed by atoms with Crippen LogP contribution in [-0.2, 0) is 22.4 Å². The second-order valence-corrected chi connectivity index (χ2v) is 13.6. The van der Waals surface area contributed by atoms with Crippen LogP contribution in [0.2, 0.25) is 0 Å². The minimum Gasteiger partial charge on any atom is -0.388 e. The molecule has 47 heavy (non-hydrogen) atoms. The van der Waals surface area contributed by atoms with Crippen LogP contribution >= 0.6 is 0 Å².